The van der Waals surface area contributed by atoms with Gasteiger partial charge in [0.2, 0.25) is 0 Å². The van der Waals surface area contributed by atoms with E-state index in [2.05, 4.69) is 14.8 Å². The number of hydrogen-bond donors (Lipinski definition) is 1. The van der Waals surface area contributed by atoms with Gasteiger partial charge in [-0.15, -0.1) is 0 Å². The molecule has 2 heterocycles. The van der Waals surface area contributed by atoms with Gasteiger partial charge in [-0.25, -0.2) is 8.42 Å². The molecule has 0 atom stereocenters. The van der Waals surface area contributed by atoms with E-state index in [1.807, 2.05) is 0 Å². The summed E-state index contributed by atoms with van der Waals surface area (Å²) in [7, 11) is -3.72. The van der Waals surface area contributed by atoms with Crippen molar-refractivity contribution >= 4 is 15.9 Å². The molecule has 1 N–H and O–H groups in total. The first-order valence-corrected chi connectivity index (χ1v) is 8.51. The van der Waals surface area contributed by atoms with Crippen LogP contribution in [0.15, 0.2) is 40.4 Å². The number of sulfonamides is 1. The van der Waals surface area contributed by atoms with Gasteiger partial charge < -0.3 is 0 Å². The van der Waals surface area contributed by atoms with Gasteiger partial charge in [-0.2, -0.15) is 18.3 Å². The van der Waals surface area contributed by atoms with Gasteiger partial charge in [0.05, 0.1) is 11.4 Å². The van der Waals surface area contributed by atoms with Crippen LogP contribution in [0.1, 0.15) is 23.7 Å². The zero-order valence-corrected chi connectivity index (χ0v) is 13.3. The lowest BCUT2D eigenvalue weighted by atomic mass is 10.2. The van der Waals surface area contributed by atoms with Crippen LogP contribution in [0.4, 0.5) is 13.2 Å². The maximum Gasteiger partial charge on any atom is 0.435 e. The van der Waals surface area contributed by atoms with Crippen LogP contribution in [0.25, 0.3) is 0 Å². The maximum atomic E-state index is 13.0. The summed E-state index contributed by atoms with van der Waals surface area (Å²) in [6.45, 7) is 1.63. The molecular weight excluding hydrogens is 345 g/mol. The maximum absolute atomic E-state index is 13.0. The second kappa shape index (κ2) is 5.62. The summed E-state index contributed by atoms with van der Waals surface area (Å²) < 4.78 is 66.4. The van der Waals surface area contributed by atoms with E-state index in [0.717, 1.165) is 0 Å². The Hall–Kier alpha value is -2.36. The molecule has 24 heavy (non-hydrogen) atoms. The monoisotopic (exact) mass is 358 g/mol. The molecule has 1 aliphatic rings. The molecule has 128 valence electrons. The van der Waals surface area contributed by atoms with Crippen molar-refractivity contribution in [3.8, 4) is 0 Å². The third-order valence-corrected chi connectivity index (χ3v) is 4.90. The van der Waals surface area contributed by atoms with Crippen LogP contribution in [0.5, 0.6) is 0 Å². The number of benzene rings is 1. The standard InChI is InChI=1S/C14H13F3N4O2S/c1-2-21-8-9(12(19-21)14(15,16)17)7-18-13-10-5-3-4-6-11(10)24(22,23)20-13/h3-6,8H,2,7H2,1H3,(H,18,20). The number of aromatic nitrogens is 2. The summed E-state index contributed by atoms with van der Waals surface area (Å²) in [5, 5.41) is 3.50. The molecule has 10 heteroatoms. The van der Waals surface area contributed by atoms with Crippen LogP contribution in [0, 0.1) is 0 Å². The van der Waals surface area contributed by atoms with Crippen molar-refractivity contribution in [2.75, 3.05) is 0 Å². The Morgan fingerprint density at radius 2 is 2.00 bits per heavy atom. The second-order valence-electron chi connectivity index (χ2n) is 5.12. The summed E-state index contributed by atoms with van der Waals surface area (Å²) in [5.41, 5.74) is -0.780. The molecule has 0 spiro atoms. The Labute approximate surface area is 136 Å². The summed E-state index contributed by atoms with van der Waals surface area (Å²) in [4.78, 5) is 4.08. The number of hydrogen-bond acceptors (Lipinski definition) is 4. The van der Waals surface area contributed by atoms with Crippen LogP contribution in [0.3, 0.4) is 0 Å². The molecule has 3 rings (SSSR count). The first-order chi connectivity index (χ1) is 11.2. The number of halogens is 3. The molecule has 0 saturated heterocycles. The molecule has 6 nitrogen and oxygen atoms in total. The number of nitrogens with zero attached hydrogens (tertiary/aromatic N) is 3. The van der Waals surface area contributed by atoms with Gasteiger partial charge in [0.1, 0.15) is 5.84 Å². The fourth-order valence-electron chi connectivity index (χ4n) is 2.39. The number of aryl methyl sites for hydroxylation is 1. The highest BCUT2D eigenvalue weighted by Crippen LogP contribution is 2.31. The fourth-order valence-corrected chi connectivity index (χ4v) is 3.65. The molecule has 1 aromatic carbocycles. The SMILES string of the molecule is CCn1cc(CN=C2NS(=O)(=O)c3ccccc32)c(C(F)(F)F)n1. The van der Waals surface area contributed by atoms with E-state index in [1.165, 1.54) is 16.9 Å². The van der Waals surface area contributed by atoms with Crippen molar-refractivity contribution in [2.24, 2.45) is 4.99 Å². The van der Waals surface area contributed by atoms with Crippen LogP contribution >= 0.6 is 0 Å². The predicted molar refractivity (Wildman–Crippen MR) is 79.9 cm³/mol. The molecule has 0 fully saturated rings. The van der Waals surface area contributed by atoms with Crippen LogP contribution < -0.4 is 4.72 Å². The zero-order chi connectivity index (χ0) is 17.5. The average Bonchev–Trinajstić information content (AvgIpc) is 3.05. The summed E-state index contributed by atoms with van der Waals surface area (Å²) >= 11 is 0. The van der Waals surface area contributed by atoms with E-state index in [9.17, 15) is 21.6 Å². The molecule has 0 saturated carbocycles. The van der Waals surface area contributed by atoms with E-state index >= 15 is 0 Å². The van der Waals surface area contributed by atoms with Crippen LogP contribution in [0.2, 0.25) is 0 Å². The smallest absolute Gasteiger partial charge is 0.272 e. The molecular formula is C14H13F3N4O2S. The van der Waals surface area contributed by atoms with Gasteiger partial charge in [-0.05, 0) is 19.1 Å². The lowest BCUT2D eigenvalue weighted by molar-refractivity contribution is -0.142. The third kappa shape index (κ3) is 2.88. The minimum absolute atomic E-state index is 0.0305. The Kier molecular flexibility index (Phi) is 3.86. The first kappa shape index (κ1) is 16.5. The first-order valence-electron chi connectivity index (χ1n) is 7.02. The second-order valence-corrected chi connectivity index (χ2v) is 6.77. The Balaban J connectivity index is 1.97. The Bertz CT molecular complexity index is 916. The molecule has 1 aromatic heterocycles. The van der Waals surface area contributed by atoms with E-state index in [-0.39, 0.29) is 29.4 Å². The van der Waals surface area contributed by atoms with Gasteiger partial charge in [-0.1, -0.05) is 12.1 Å². The van der Waals surface area contributed by atoms with E-state index in [1.54, 1.807) is 25.1 Å². The van der Waals surface area contributed by atoms with Gasteiger partial charge in [0, 0.05) is 23.9 Å². The highest BCUT2D eigenvalue weighted by molar-refractivity contribution is 7.90. The van der Waals surface area contributed by atoms with Gasteiger partial charge in [0.15, 0.2) is 5.69 Å². The minimum atomic E-state index is -4.59. The number of fused-ring (bicyclic) bond motifs is 1. The van der Waals surface area contributed by atoms with Crippen molar-refractivity contribution in [1.29, 1.82) is 0 Å². The molecule has 0 bridgehead atoms. The van der Waals surface area contributed by atoms with Gasteiger partial charge in [-0.3, -0.25) is 14.4 Å². The largest absolute Gasteiger partial charge is 0.435 e. The lowest BCUT2D eigenvalue weighted by Crippen LogP contribution is -2.22. The number of amidine groups is 1. The quantitative estimate of drug-likeness (QED) is 0.914. The molecule has 0 radical (unpaired) electrons. The normalized spacial score (nSPS) is 17.8. The van der Waals surface area contributed by atoms with Crippen LogP contribution in [-0.4, -0.2) is 24.0 Å². The summed E-state index contributed by atoms with van der Waals surface area (Å²) in [5.74, 6) is 0.0305. The summed E-state index contributed by atoms with van der Waals surface area (Å²) in [6.07, 6.45) is -3.33. The van der Waals surface area contributed by atoms with E-state index < -0.39 is 21.9 Å². The van der Waals surface area contributed by atoms with E-state index in [4.69, 9.17) is 0 Å². The zero-order valence-electron chi connectivity index (χ0n) is 12.5. The number of rotatable bonds is 3. The molecule has 0 unspecified atom stereocenters. The number of alkyl halides is 3. The molecule has 2 aromatic rings. The lowest BCUT2D eigenvalue weighted by Gasteiger charge is -2.04. The molecule has 1 aliphatic heterocycles. The van der Waals surface area contributed by atoms with Gasteiger partial charge in [0.25, 0.3) is 10.0 Å². The van der Waals surface area contributed by atoms with Crippen molar-refractivity contribution in [3.05, 3.63) is 47.3 Å². The van der Waals surface area contributed by atoms with Crippen molar-refractivity contribution in [3.63, 3.8) is 0 Å². The molecule has 0 aliphatic carbocycles. The van der Waals surface area contributed by atoms with E-state index in [0.29, 0.717) is 5.56 Å². The average molecular weight is 358 g/mol. The minimum Gasteiger partial charge on any atom is -0.272 e. The summed E-state index contributed by atoms with van der Waals surface area (Å²) in [6, 6.07) is 6.16. The predicted octanol–water partition coefficient (Wildman–Crippen LogP) is 2.16. The Morgan fingerprint density at radius 1 is 1.29 bits per heavy atom. The van der Waals surface area contributed by atoms with Crippen molar-refractivity contribution in [1.82, 2.24) is 14.5 Å². The van der Waals surface area contributed by atoms with Crippen molar-refractivity contribution < 1.29 is 21.6 Å². The number of aliphatic imine (C=N–C) groups is 1. The van der Waals surface area contributed by atoms with Gasteiger partial charge >= 0.3 is 6.18 Å². The Morgan fingerprint density at radius 3 is 2.67 bits per heavy atom. The third-order valence-electron chi connectivity index (χ3n) is 3.50. The number of nitrogens with one attached hydrogen (secondary N) is 1. The van der Waals surface area contributed by atoms with Crippen LogP contribution in [-0.2, 0) is 29.3 Å². The topological polar surface area (TPSA) is 76.3 Å². The molecule has 0 amide bonds. The highest BCUT2D eigenvalue weighted by atomic mass is 32.2. The fraction of sp³-hybridized carbons (Fsp3) is 0.286. The van der Waals surface area contributed by atoms with Crippen molar-refractivity contribution in [2.45, 2.75) is 31.1 Å². The highest BCUT2D eigenvalue weighted by Gasteiger charge is 2.37.